The van der Waals surface area contributed by atoms with Crippen molar-refractivity contribution in [2.45, 2.75) is 71.4 Å². The Morgan fingerprint density at radius 3 is 2.41 bits per heavy atom. The minimum atomic E-state index is -0.528. The number of likely N-dealkylation sites (tertiary alicyclic amines) is 1. The highest BCUT2D eigenvalue weighted by Crippen LogP contribution is 2.72. The van der Waals surface area contributed by atoms with Gasteiger partial charge in [0, 0.05) is 0 Å². The normalized spacial score (nSPS) is 41.8. The topological polar surface area (TPSA) is 55.6 Å². The fourth-order valence-electron chi connectivity index (χ4n) is 6.02. The van der Waals surface area contributed by atoms with Crippen LogP contribution in [-0.2, 0) is 9.53 Å². The third kappa shape index (κ3) is 1.80. The van der Waals surface area contributed by atoms with Gasteiger partial charge in [-0.05, 0) is 68.9 Å². The number of rotatable bonds is 4. The fourth-order valence-corrected chi connectivity index (χ4v) is 6.02. The summed E-state index contributed by atoms with van der Waals surface area (Å²) in [6, 6.07) is -0.528. The molecule has 4 nitrogen and oxygen atoms in total. The number of esters is 1. The minimum Gasteiger partial charge on any atom is -0.465 e. The van der Waals surface area contributed by atoms with Crippen molar-refractivity contribution in [2.75, 3.05) is 19.7 Å². The molecule has 1 heterocycles. The zero-order valence-electron chi connectivity index (χ0n) is 14.7. The zero-order chi connectivity index (χ0) is 16.2. The number of carbonyl (C=O) groups is 1. The number of carbonyl (C=O) groups excluding carboxylic acids is 1. The van der Waals surface area contributed by atoms with E-state index in [2.05, 4.69) is 25.7 Å². The highest BCUT2D eigenvalue weighted by atomic mass is 16.5. The first kappa shape index (κ1) is 16.3. The summed E-state index contributed by atoms with van der Waals surface area (Å²) in [5, 5.41) is 0. The molecule has 0 aromatic heterocycles. The fraction of sp³-hybridized carbons (Fsp3) is 0.944. The molecule has 3 rings (SSSR count). The predicted molar refractivity (Wildman–Crippen MR) is 87.4 cm³/mol. The average molecular weight is 308 g/mol. The molecule has 0 aromatic carbocycles. The SMILES string of the molecule is CCOC(=O)[C@H](N)[C@@]1(N2CCCC2)C[C@H]2CC[C@@]1(C)C2(C)C. The Hall–Kier alpha value is -0.610. The summed E-state index contributed by atoms with van der Waals surface area (Å²) in [4.78, 5) is 15.1. The summed E-state index contributed by atoms with van der Waals surface area (Å²) < 4.78 is 5.33. The van der Waals surface area contributed by atoms with E-state index in [-0.39, 0.29) is 22.3 Å². The first-order valence-corrected chi connectivity index (χ1v) is 8.98. The third-order valence-electron chi connectivity index (χ3n) is 7.67. The molecule has 1 aliphatic heterocycles. The van der Waals surface area contributed by atoms with E-state index < -0.39 is 6.04 Å². The summed E-state index contributed by atoms with van der Waals surface area (Å²) >= 11 is 0. The summed E-state index contributed by atoms with van der Waals surface area (Å²) in [6.07, 6.45) is 5.94. The van der Waals surface area contributed by atoms with Crippen molar-refractivity contribution in [1.82, 2.24) is 4.90 Å². The van der Waals surface area contributed by atoms with Crippen molar-refractivity contribution >= 4 is 5.97 Å². The van der Waals surface area contributed by atoms with E-state index in [0.29, 0.717) is 12.5 Å². The predicted octanol–water partition coefficient (Wildman–Crippen LogP) is 2.56. The molecule has 2 saturated carbocycles. The van der Waals surface area contributed by atoms with Crippen LogP contribution in [0.25, 0.3) is 0 Å². The molecule has 2 aliphatic carbocycles. The number of hydrogen-bond donors (Lipinski definition) is 1. The van der Waals surface area contributed by atoms with Gasteiger partial charge >= 0.3 is 5.97 Å². The maximum Gasteiger partial charge on any atom is 0.324 e. The first-order valence-electron chi connectivity index (χ1n) is 8.98. The second kappa shape index (κ2) is 5.20. The summed E-state index contributed by atoms with van der Waals surface area (Å²) in [6.45, 7) is 11.6. The van der Waals surface area contributed by atoms with Gasteiger partial charge in [-0.3, -0.25) is 9.69 Å². The lowest BCUT2D eigenvalue weighted by Gasteiger charge is -2.55. The second-order valence-corrected chi connectivity index (χ2v) is 8.34. The molecule has 0 radical (unpaired) electrons. The van der Waals surface area contributed by atoms with Crippen molar-refractivity contribution in [3.63, 3.8) is 0 Å². The van der Waals surface area contributed by atoms with Crippen LogP contribution in [0.3, 0.4) is 0 Å². The van der Waals surface area contributed by atoms with Gasteiger partial charge in [0.05, 0.1) is 12.1 Å². The van der Waals surface area contributed by atoms with E-state index in [1.165, 1.54) is 25.7 Å². The lowest BCUT2D eigenvalue weighted by Crippen LogP contribution is -2.69. The van der Waals surface area contributed by atoms with Gasteiger partial charge in [-0.1, -0.05) is 20.8 Å². The average Bonchev–Trinajstić information content (AvgIpc) is 3.11. The number of fused-ring (bicyclic) bond motifs is 2. The molecule has 0 amide bonds. The first-order chi connectivity index (χ1) is 10.3. The number of nitrogens with zero attached hydrogens (tertiary/aromatic N) is 1. The summed E-state index contributed by atoms with van der Waals surface area (Å²) in [7, 11) is 0. The van der Waals surface area contributed by atoms with E-state index in [1.807, 2.05) is 6.92 Å². The molecule has 3 aliphatic rings. The Morgan fingerprint density at radius 2 is 1.95 bits per heavy atom. The van der Waals surface area contributed by atoms with Crippen molar-refractivity contribution in [1.29, 1.82) is 0 Å². The van der Waals surface area contributed by atoms with E-state index in [1.54, 1.807) is 0 Å². The van der Waals surface area contributed by atoms with Crippen LogP contribution in [0.4, 0.5) is 0 Å². The van der Waals surface area contributed by atoms with Crippen LogP contribution in [0.5, 0.6) is 0 Å². The molecule has 1 saturated heterocycles. The van der Waals surface area contributed by atoms with Gasteiger partial charge in [-0.15, -0.1) is 0 Å². The lowest BCUT2D eigenvalue weighted by molar-refractivity contribution is -0.154. The molecule has 0 aromatic rings. The van der Waals surface area contributed by atoms with Crippen molar-refractivity contribution in [3.05, 3.63) is 0 Å². The third-order valence-corrected chi connectivity index (χ3v) is 7.67. The van der Waals surface area contributed by atoms with Gasteiger partial charge < -0.3 is 10.5 Å². The van der Waals surface area contributed by atoms with Crippen molar-refractivity contribution in [3.8, 4) is 0 Å². The zero-order valence-corrected chi connectivity index (χ0v) is 14.7. The Morgan fingerprint density at radius 1 is 1.32 bits per heavy atom. The molecule has 4 atom stereocenters. The minimum absolute atomic E-state index is 0.0845. The number of ether oxygens (including phenoxy) is 1. The van der Waals surface area contributed by atoms with Crippen LogP contribution >= 0.6 is 0 Å². The van der Waals surface area contributed by atoms with Gasteiger partial charge in [0.1, 0.15) is 6.04 Å². The molecule has 4 heteroatoms. The van der Waals surface area contributed by atoms with Gasteiger partial charge in [0.25, 0.3) is 0 Å². The molecule has 22 heavy (non-hydrogen) atoms. The lowest BCUT2D eigenvalue weighted by atomic mass is 9.59. The smallest absolute Gasteiger partial charge is 0.324 e. The quantitative estimate of drug-likeness (QED) is 0.811. The maximum absolute atomic E-state index is 12.5. The number of nitrogens with two attached hydrogens (primary N) is 1. The van der Waals surface area contributed by atoms with E-state index in [4.69, 9.17) is 10.5 Å². The second-order valence-electron chi connectivity index (χ2n) is 8.34. The van der Waals surface area contributed by atoms with E-state index >= 15 is 0 Å². The van der Waals surface area contributed by atoms with Gasteiger partial charge in [-0.2, -0.15) is 0 Å². The standard InChI is InChI=1S/C18H32N2O2/c1-5-22-15(21)14(19)18(20-10-6-7-11-20)12-13-8-9-17(18,4)16(13,2)3/h13-14H,5-12,19H2,1-4H3/t13-,14+,17+,18+/m1/s1. The van der Waals surface area contributed by atoms with Crippen molar-refractivity contribution < 1.29 is 9.53 Å². The van der Waals surface area contributed by atoms with Gasteiger partial charge in [0.2, 0.25) is 0 Å². The largest absolute Gasteiger partial charge is 0.465 e. The monoisotopic (exact) mass is 308 g/mol. The Bertz CT molecular complexity index is 458. The van der Waals surface area contributed by atoms with Crippen LogP contribution in [0, 0.1) is 16.7 Å². The molecule has 3 fully saturated rings. The molecular weight excluding hydrogens is 276 g/mol. The Kier molecular flexibility index (Phi) is 3.84. The van der Waals surface area contributed by atoms with Crippen LogP contribution in [-0.4, -0.2) is 42.1 Å². The molecule has 2 bridgehead atoms. The molecule has 126 valence electrons. The van der Waals surface area contributed by atoms with Crippen LogP contribution in [0.1, 0.15) is 59.8 Å². The van der Waals surface area contributed by atoms with Crippen LogP contribution < -0.4 is 5.73 Å². The van der Waals surface area contributed by atoms with Crippen molar-refractivity contribution in [2.24, 2.45) is 22.5 Å². The van der Waals surface area contributed by atoms with Crippen LogP contribution in [0.2, 0.25) is 0 Å². The van der Waals surface area contributed by atoms with Gasteiger partial charge in [-0.25, -0.2) is 0 Å². The molecular formula is C18H32N2O2. The number of hydrogen-bond acceptors (Lipinski definition) is 4. The Labute approximate surface area is 134 Å². The molecule has 0 spiro atoms. The highest BCUT2D eigenvalue weighted by molar-refractivity contribution is 5.78. The molecule has 2 N–H and O–H groups in total. The van der Waals surface area contributed by atoms with Crippen LogP contribution in [0.15, 0.2) is 0 Å². The van der Waals surface area contributed by atoms with Gasteiger partial charge in [0.15, 0.2) is 0 Å². The summed E-state index contributed by atoms with van der Waals surface area (Å²) in [5.74, 6) is 0.456. The van der Waals surface area contributed by atoms with E-state index in [0.717, 1.165) is 19.5 Å². The Balaban J connectivity index is 2.04. The highest BCUT2D eigenvalue weighted by Gasteiger charge is 2.73. The maximum atomic E-state index is 12.5. The summed E-state index contributed by atoms with van der Waals surface area (Å²) in [5.41, 5.74) is 6.70. The van der Waals surface area contributed by atoms with E-state index in [9.17, 15) is 4.79 Å². The molecule has 0 unspecified atom stereocenters.